The van der Waals surface area contributed by atoms with Crippen LogP contribution in [0.2, 0.25) is 0 Å². The molecule has 1 aromatic rings. The molecule has 0 aliphatic heterocycles. The van der Waals surface area contributed by atoms with Crippen LogP contribution in [0.4, 0.5) is 0 Å². The van der Waals surface area contributed by atoms with Gasteiger partial charge in [-0.25, -0.2) is 9.78 Å². The first kappa shape index (κ1) is 14.6. The summed E-state index contributed by atoms with van der Waals surface area (Å²) in [6.07, 6.45) is 0.508. The van der Waals surface area contributed by atoms with Crippen molar-refractivity contribution in [2.24, 2.45) is 11.7 Å². The van der Waals surface area contributed by atoms with Crippen molar-refractivity contribution in [3.8, 4) is 0 Å². The Labute approximate surface area is 109 Å². The van der Waals surface area contributed by atoms with E-state index < -0.39 is 12.0 Å². The molecule has 1 rings (SSSR count). The van der Waals surface area contributed by atoms with Crippen molar-refractivity contribution in [3.05, 3.63) is 16.1 Å². The first-order valence-corrected chi connectivity index (χ1v) is 6.50. The van der Waals surface area contributed by atoms with Gasteiger partial charge in [0.1, 0.15) is 0 Å². The zero-order chi connectivity index (χ0) is 13.7. The quantitative estimate of drug-likeness (QED) is 0.698. The van der Waals surface area contributed by atoms with Gasteiger partial charge in [0, 0.05) is 18.3 Å². The maximum absolute atomic E-state index is 11.5. The van der Waals surface area contributed by atoms with Gasteiger partial charge in [-0.2, -0.15) is 0 Å². The lowest BCUT2D eigenvalue weighted by atomic mass is 10.1. The normalized spacial score (nSPS) is 12.4. The van der Waals surface area contributed by atoms with E-state index in [2.05, 4.69) is 10.3 Å². The summed E-state index contributed by atoms with van der Waals surface area (Å²) in [4.78, 5) is 26.1. The number of rotatable bonds is 6. The van der Waals surface area contributed by atoms with E-state index in [0.717, 1.165) is 0 Å². The number of amides is 1. The van der Waals surface area contributed by atoms with Gasteiger partial charge in [-0.1, -0.05) is 13.8 Å². The van der Waals surface area contributed by atoms with Crippen LogP contribution in [0.15, 0.2) is 5.38 Å². The molecule has 0 spiro atoms. The summed E-state index contributed by atoms with van der Waals surface area (Å²) < 4.78 is 0. The van der Waals surface area contributed by atoms with Crippen molar-refractivity contribution < 1.29 is 14.7 Å². The predicted octanol–water partition coefficient (Wildman–Crippen LogP) is 0.483. The molecule has 0 aromatic carbocycles. The Morgan fingerprint density at radius 2 is 2.22 bits per heavy atom. The van der Waals surface area contributed by atoms with Crippen molar-refractivity contribution in [2.75, 3.05) is 6.54 Å². The molecule has 6 nitrogen and oxygen atoms in total. The zero-order valence-corrected chi connectivity index (χ0v) is 11.2. The lowest BCUT2D eigenvalue weighted by Crippen LogP contribution is -2.44. The fourth-order valence-electron chi connectivity index (χ4n) is 1.24. The Balaban J connectivity index is 2.37. The highest BCUT2D eigenvalue weighted by molar-refractivity contribution is 7.09. The standard InChI is InChI=1S/C11H17N3O3S/c1-6(2)9(12)10(15)13-4-3-8-14-7(5-18-8)11(16)17/h5-6,9H,3-4,12H2,1-2H3,(H,13,15)(H,16,17). The molecular weight excluding hydrogens is 254 g/mol. The Kier molecular flexibility index (Phi) is 5.24. The lowest BCUT2D eigenvalue weighted by molar-refractivity contribution is -0.123. The number of carboxylic acid groups (broad SMARTS) is 1. The second-order valence-corrected chi connectivity index (χ2v) is 5.19. The van der Waals surface area contributed by atoms with Gasteiger partial charge in [-0.3, -0.25) is 4.79 Å². The zero-order valence-electron chi connectivity index (χ0n) is 10.3. The maximum atomic E-state index is 11.5. The third kappa shape index (κ3) is 4.08. The largest absolute Gasteiger partial charge is 0.476 e. The molecule has 0 aliphatic carbocycles. The van der Waals surface area contributed by atoms with Gasteiger partial charge >= 0.3 is 5.97 Å². The summed E-state index contributed by atoms with van der Waals surface area (Å²) in [5.74, 6) is -1.15. The molecule has 7 heteroatoms. The number of hydrogen-bond acceptors (Lipinski definition) is 5. The molecule has 0 saturated carbocycles. The van der Waals surface area contributed by atoms with E-state index in [1.807, 2.05) is 13.8 Å². The monoisotopic (exact) mass is 271 g/mol. The maximum Gasteiger partial charge on any atom is 0.355 e. The third-order valence-electron chi connectivity index (χ3n) is 2.43. The highest BCUT2D eigenvalue weighted by Gasteiger charge is 2.16. The summed E-state index contributed by atoms with van der Waals surface area (Å²) in [7, 11) is 0. The van der Waals surface area contributed by atoms with Gasteiger partial charge in [0.05, 0.1) is 11.0 Å². The third-order valence-corrected chi connectivity index (χ3v) is 3.34. The minimum absolute atomic E-state index is 0.0419. The SMILES string of the molecule is CC(C)C(N)C(=O)NCCc1nc(C(=O)O)cs1. The summed E-state index contributed by atoms with van der Waals surface area (Å²) in [6, 6.07) is -0.518. The van der Waals surface area contributed by atoms with E-state index in [4.69, 9.17) is 10.8 Å². The van der Waals surface area contributed by atoms with Crippen molar-refractivity contribution in [3.63, 3.8) is 0 Å². The molecule has 1 heterocycles. The second kappa shape index (κ2) is 6.46. The number of carbonyl (C=O) groups is 2. The van der Waals surface area contributed by atoms with E-state index in [1.165, 1.54) is 16.7 Å². The second-order valence-electron chi connectivity index (χ2n) is 4.24. The van der Waals surface area contributed by atoms with Gasteiger partial charge in [-0.15, -0.1) is 11.3 Å². The molecule has 0 radical (unpaired) electrons. The van der Waals surface area contributed by atoms with Crippen molar-refractivity contribution >= 4 is 23.2 Å². The number of aromatic carboxylic acids is 1. The first-order valence-electron chi connectivity index (χ1n) is 5.62. The van der Waals surface area contributed by atoms with Gasteiger partial charge in [-0.05, 0) is 5.92 Å². The van der Waals surface area contributed by atoms with Crippen LogP contribution in [0.1, 0.15) is 29.3 Å². The average molecular weight is 271 g/mol. The van der Waals surface area contributed by atoms with E-state index in [9.17, 15) is 9.59 Å². The summed E-state index contributed by atoms with van der Waals surface area (Å²) in [5.41, 5.74) is 5.72. The van der Waals surface area contributed by atoms with Crippen LogP contribution in [-0.4, -0.2) is 34.6 Å². The highest BCUT2D eigenvalue weighted by atomic mass is 32.1. The summed E-state index contributed by atoms with van der Waals surface area (Å²) in [5, 5.41) is 13.6. The van der Waals surface area contributed by atoms with E-state index >= 15 is 0 Å². The minimum Gasteiger partial charge on any atom is -0.476 e. The van der Waals surface area contributed by atoms with Gasteiger partial charge in [0.25, 0.3) is 0 Å². The molecular formula is C11H17N3O3S. The van der Waals surface area contributed by atoms with Crippen LogP contribution in [0.5, 0.6) is 0 Å². The molecule has 0 fully saturated rings. The highest BCUT2D eigenvalue weighted by Crippen LogP contribution is 2.09. The Morgan fingerprint density at radius 1 is 1.56 bits per heavy atom. The fraction of sp³-hybridized carbons (Fsp3) is 0.545. The van der Waals surface area contributed by atoms with E-state index in [1.54, 1.807) is 0 Å². The van der Waals surface area contributed by atoms with Gasteiger partial charge < -0.3 is 16.2 Å². The summed E-state index contributed by atoms with van der Waals surface area (Å²) >= 11 is 1.27. The number of thiazole rings is 1. The van der Waals surface area contributed by atoms with Crippen LogP contribution < -0.4 is 11.1 Å². The molecule has 0 saturated heterocycles. The molecule has 1 amide bonds. The topological polar surface area (TPSA) is 105 Å². The number of aromatic nitrogens is 1. The molecule has 1 unspecified atom stereocenters. The van der Waals surface area contributed by atoms with E-state index in [-0.39, 0.29) is 17.5 Å². The molecule has 100 valence electrons. The summed E-state index contributed by atoms with van der Waals surface area (Å²) in [6.45, 7) is 4.17. The number of hydrogen-bond donors (Lipinski definition) is 3. The van der Waals surface area contributed by atoms with Crippen molar-refractivity contribution in [1.82, 2.24) is 10.3 Å². The minimum atomic E-state index is -1.04. The van der Waals surface area contributed by atoms with Crippen LogP contribution in [0.25, 0.3) is 0 Å². The number of nitrogens with one attached hydrogen (secondary N) is 1. The molecule has 0 aliphatic rings. The van der Waals surface area contributed by atoms with Crippen LogP contribution >= 0.6 is 11.3 Å². The fourth-order valence-corrected chi connectivity index (χ4v) is 2.01. The molecule has 0 bridgehead atoms. The van der Waals surface area contributed by atoms with Crippen LogP contribution in [-0.2, 0) is 11.2 Å². The van der Waals surface area contributed by atoms with Crippen molar-refractivity contribution in [2.45, 2.75) is 26.3 Å². The lowest BCUT2D eigenvalue weighted by Gasteiger charge is -2.14. The Morgan fingerprint density at radius 3 is 2.72 bits per heavy atom. The Hall–Kier alpha value is -1.47. The number of carbonyl (C=O) groups excluding carboxylic acids is 1. The van der Waals surface area contributed by atoms with Gasteiger partial charge in [0.2, 0.25) is 5.91 Å². The Bertz CT molecular complexity index is 431. The smallest absolute Gasteiger partial charge is 0.355 e. The van der Waals surface area contributed by atoms with E-state index in [0.29, 0.717) is 18.0 Å². The van der Waals surface area contributed by atoms with Crippen LogP contribution in [0.3, 0.4) is 0 Å². The molecule has 1 aromatic heterocycles. The van der Waals surface area contributed by atoms with Crippen LogP contribution in [0, 0.1) is 5.92 Å². The number of nitrogens with zero attached hydrogens (tertiary/aromatic N) is 1. The average Bonchev–Trinajstić information content (AvgIpc) is 2.76. The molecule has 1 atom stereocenters. The molecule has 4 N–H and O–H groups in total. The number of carboxylic acids is 1. The van der Waals surface area contributed by atoms with Crippen molar-refractivity contribution in [1.29, 1.82) is 0 Å². The first-order chi connectivity index (χ1) is 8.41. The molecule has 18 heavy (non-hydrogen) atoms. The predicted molar refractivity (Wildman–Crippen MR) is 68.6 cm³/mol. The number of nitrogens with two attached hydrogens (primary N) is 1. The van der Waals surface area contributed by atoms with Gasteiger partial charge in [0.15, 0.2) is 5.69 Å².